The van der Waals surface area contributed by atoms with Crippen LogP contribution in [0.1, 0.15) is 17.4 Å². The van der Waals surface area contributed by atoms with Gasteiger partial charge in [0, 0.05) is 17.8 Å². The summed E-state index contributed by atoms with van der Waals surface area (Å²) in [5.74, 6) is -0.278. The Hall–Kier alpha value is -2.81. The molecule has 0 aliphatic rings. The molecule has 0 N–H and O–H groups in total. The van der Waals surface area contributed by atoms with Gasteiger partial charge in [-0.25, -0.2) is 4.79 Å². The second-order valence-electron chi connectivity index (χ2n) is 5.73. The summed E-state index contributed by atoms with van der Waals surface area (Å²) in [6.07, 6.45) is 0. The first-order valence-corrected chi connectivity index (χ1v) is 7.77. The van der Waals surface area contributed by atoms with Crippen molar-refractivity contribution in [3.63, 3.8) is 0 Å². The quantitative estimate of drug-likeness (QED) is 0.398. The first-order valence-electron chi connectivity index (χ1n) is 7.77. The van der Waals surface area contributed by atoms with Gasteiger partial charge < -0.3 is 9.30 Å². The van der Waals surface area contributed by atoms with Crippen molar-refractivity contribution in [2.24, 2.45) is 7.05 Å². The Bertz CT molecular complexity index is 1060. The van der Waals surface area contributed by atoms with Crippen LogP contribution in [-0.4, -0.2) is 17.1 Å². The third-order valence-corrected chi connectivity index (χ3v) is 4.36. The molecule has 0 aliphatic heterocycles. The molecule has 0 amide bonds. The molecule has 0 saturated heterocycles. The van der Waals surface area contributed by atoms with Gasteiger partial charge in [-0.2, -0.15) is 0 Å². The van der Waals surface area contributed by atoms with Gasteiger partial charge in [-0.3, -0.25) is 0 Å². The predicted octanol–water partition coefficient (Wildman–Crippen LogP) is 4.66. The van der Waals surface area contributed by atoms with E-state index in [1.807, 2.05) is 36.7 Å². The number of fused-ring (bicyclic) bond motifs is 4. The maximum atomic E-state index is 12.1. The van der Waals surface area contributed by atoms with E-state index in [2.05, 4.69) is 36.4 Å². The van der Waals surface area contributed by atoms with Crippen LogP contribution in [0.5, 0.6) is 0 Å². The Balaban J connectivity index is 2.07. The predicted molar refractivity (Wildman–Crippen MR) is 93.9 cm³/mol. The molecule has 114 valence electrons. The average molecular weight is 303 g/mol. The Morgan fingerprint density at radius 1 is 0.957 bits per heavy atom. The lowest BCUT2D eigenvalue weighted by Gasteiger charge is -2.07. The van der Waals surface area contributed by atoms with Gasteiger partial charge in [-0.05, 0) is 41.3 Å². The van der Waals surface area contributed by atoms with Gasteiger partial charge in [0.25, 0.3) is 0 Å². The maximum absolute atomic E-state index is 12.1. The number of nitrogens with zero attached hydrogens (tertiary/aromatic N) is 1. The summed E-state index contributed by atoms with van der Waals surface area (Å²) in [5.41, 5.74) is 1.65. The van der Waals surface area contributed by atoms with E-state index < -0.39 is 0 Å². The molecule has 1 aromatic heterocycles. The third kappa shape index (κ3) is 2.08. The molecule has 3 aromatic carbocycles. The number of carbonyl (C=O) groups is 1. The van der Waals surface area contributed by atoms with Gasteiger partial charge in [0.1, 0.15) is 5.69 Å². The number of ether oxygens (including phenoxy) is 1. The van der Waals surface area contributed by atoms with Crippen molar-refractivity contribution in [3.8, 4) is 0 Å². The molecular weight excluding hydrogens is 286 g/mol. The smallest absolute Gasteiger partial charge is 0.354 e. The minimum atomic E-state index is -0.278. The number of hydrogen-bond donors (Lipinski definition) is 0. The minimum absolute atomic E-state index is 0.278. The standard InChI is InChI=1S/C20H17NO2/c1-3-23-20(22)18-12-16-9-8-15-10-13-6-4-5-7-14(13)11-17(15)19(16)21(18)2/h4-12H,3H2,1-2H3. The highest BCUT2D eigenvalue weighted by atomic mass is 16.5. The van der Waals surface area contributed by atoms with Crippen LogP contribution in [0.25, 0.3) is 32.4 Å². The highest BCUT2D eigenvalue weighted by Crippen LogP contribution is 2.31. The summed E-state index contributed by atoms with van der Waals surface area (Å²) < 4.78 is 7.10. The van der Waals surface area contributed by atoms with Gasteiger partial charge in [0.05, 0.1) is 12.1 Å². The first-order chi connectivity index (χ1) is 11.2. The fraction of sp³-hybridized carbons (Fsp3) is 0.150. The van der Waals surface area contributed by atoms with Crippen molar-refractivity contribution >= 4 is 38.4 Å². The van der Waals surface area contributed by atoms with Crippen molar-refractivity contribution in [2.45, 2.75) is 6.92 Å². The number of hydrogen-bond acceptors (Lipinski definition) is 2. The van der Waals surface area contributed by atoms with Crippen LogP contribution in [-0.2, 0) is 11.8 Å². The van der Waals surface area contributed by atoms with Crippen LogP contribution in [0.15, 0.2) is 54.6 Å². The van der Waals surface area contributed by atoms with Crippen molar-refractivity contribution in [3.05, 3.63) is 60.3 Å². The van der Waals surface area contributed by atoms with Gasteiger partial charge >= 0.3 is 5.97 Å². The summed E-state index contributed by atoms with van der Waals surface area (Å²) in [4.78, 5) is 12.1. The van der Waals surface area contributed by atoms with E-state index in [0.717, 1.165) is 16.3 Å². The topological polar surface area (TPSA) is 31.2 Å². The molecule has 0 bridgehead atoms. The summed E-state index contributed by atoms with van der Waals surface area (Å²) in [6.45, 7) is 2.20. The molecule has 0 atom stereocenters. The van der Waals surface area contributed by atoms with E-state index in [-0.39, 0.29) is 5.97 Å². The van der Waals surface area contributed by atoms with Crippen molar-refractivity contribution in [2.75, 3.05) is 6.61 Å². The lowest BCUT2D eigenvalue weighted by Crippen LogP contribution is -2.09. The number of rotatable bonds is 2. The Kier molecular flexibility index (Phi) is 3.08. The van der Waals surface area contributed by atoms with Crippen LogP contribution in [0.4, 0.5) is 0 Å². The molecule has 3 heteroatoms. The molecule has 0 aliphatic carbocycles. The van der Waals surface area contributed by atoms with Crippen LogP contribution in [0.3, 0.4) is 0 Å². The number of benzene rings is 3. The zero-order valence-electron chi connectivity index (χ0n) is 13.2. The normalized spacial score (nSPS) is 11.4. The van der Waals surface area contributed by atoms with Crippen LogP contribution < -0.4 is 0 Å². The molecule has 0 saturated carbocycles. The SMILES string of the molecule is CCOC(=O)c1cc2ccc3cc4ccccc4cc3c2n1C. The Morgan fingerprint density at radius 2 is 1.65 bits per heavy atom. The average Bonchev–Trinajstić information content (AvgIpc) is 2.90. The molecule has 23 heavy (non-hydrogen) atoms. The molecule has 0 unspecified atom stereocenters. The Morgan fingerprint density at radius 3 is 2.39 bits per heavy atom. The lowest BCUT2D eigenvalue weighted by atomic mass is 10.0. The zero-order chi connectivity index (χ0) is 16.0. The molecule has 4 aromatic rings. The Labute approximate surface area is 134 Å². The molecule has 0 radical (unpaired) electrons. The first kappa shape index (κ1) is 13.8. The van der Waals surface area contributed by atoms with E-state index in [4.69, 9.17) is 4.74 Å². The van der Waals surface area contributed by atoms with Crippen LogP contribution in [0.2, 0.25) is 0 Å². The van der Waals surface area contributed by atoms with E-state index in [1.54, 1.807) is 0 Å². The minimum Gasteiger partial charge on any atom is -0.461 e. The number of aromatic nitrogens is 1. The number of esters is 1. The van der Waals surface area contributed by atoms with Gasteiger partial charge in [-0.1, -0.05) is 36.4 Å². The maximum Gasteiger partial charge on any atom is 0.354 e. The van der Waals surface area contributed by atoms with Crippen molar-refractivity contribution in [1.82, 2.24) is 4.57 Å². The lowest BCUT2D eigenvalue weighted by molar-refractivity contribution is 0.0516. The number of aryl methyl sites for hydroxylation is 1. The summed E-state index contributed by atoms with van der Waals surface area (Å²) in [6, 6.07) is 18.8. The second-order valence-corrected chi connectivity index (χ2v) is 5.73. The fourth-order valence-corrected chi connectivity index (χ4v) is 3.27. The van der Waals surface area contributed by atoms with Gasteiger partial charge in [-0.15, -0.1) is 0 Å². The molecular formula is C20H17NO2. The van der Waals surface area contributed by atoms with Crippen LogP contribution >= 0.6 is 0 Å². The molecule has 4 rings (SSSR count). The summed E-state index contributed by atoms with van der Waals surface area (Å²) in [5, 5.41) is 5.80. The zero-order valence-corrected chi connectivity index (χ0v) is 13.2. The summed E-state index contributed by atoms with van der Waals surface area (Å²) in [7, 11) is 1.92. The van der Waals surface area contributed by atoms with Gasteiger partial charge in [0.15, 0.2) is 0 Å². The third-order valence-electron chi connectivity index (χ3n) is 4.36. The monoisotopic (exact) mass is 303 g/mol. The highest BCUT2D eigenvalue weighted by Gasteiger charge is 2.16. The van der Waals surface area contributed by atoms with E-state index >= 15 is 0 Å². The van der Waals surface area contributed by atoms with Crippen molar-refractivity contribution < 1.29 is 9.53 Å². The summed E-state index contributed by atoms with van der Waals surface area (Å²) >= 11 is 0. The molecule has 0 spiro atoms. The van der Waals surface area contributed by atoms with Crippen molar-refractivity contribution in [1.29, 1.82) is 0 Å². The molecule has 3 nitrogen and oxygen atoms in total. The number of carbonyl (C=O) groups excluding carboxylic acids is 1. The van der Waals surface area contributed by atoms with E-state index in [1.165, 1.54) is 16.2 Å². The van der Waals surface area contributed by atoms with E-state index in [9.17, 15) is 4.79 Å². The molecule has 1 heterocycles. The highest BCUT2D eigenvalue weighted by molar-refractivity contribution is 6.12. The fourth-order valence-electron chi connectivity index (χ4n) is 3.27. The van der Waals surface area contributed by atoms with Gasteiger partial charge in [0.2, 0.25) is 0 Å². The van der Waals surface area contributed by atoms with E-state index in [0.29, 0.717) is 12.3 Å². The van der Waals surface area contributed by atoms with Crippen LogP contribution in [0, 0.1) is 0 Å². The second kappa shape index (κ2) is 5.13. The molecule has 0 fully saturated rings. The largest absolute Gasteiger partial charge is 0.461 e.